The number of benzene rings is 2. The summed E-state index contributed by atoms with van der Waals surface area (Å²) in [4.78, 5) is 16.6. The predicted molar refractivity (Wildman–Crippen MR) is 114 cm³/mol. The number of rotatable bonds is 7. The van der Waals surface area contributed by atoms with Crippen molar-refractivity contribution in [3.8, 4) is 0 Å². The molecule has 3 rings (SSSR count). The molecule has 4 atom stereocenters. The normalized spacial score (nSPS) is 15.5. The molecule has 0 amide bonds. The van der Waals surface area contributed by atoms with Gasteiger partial charge in [-0.1, -0.05) is 40.9 Å². The number of hydrogen-bond donors (Lipinski definition) is 2. The molecule has 2 N–H and O–H groups in total. The maximum absolute atomic E-state index is 12.7. The average molecular weight is 474 g/mol. The van der Waals surface area contributed by atoms with Gasteiger partial charge in [-0.2, -0.15) is 0 Å². The van der Waals surface area contributed by atoms with Gasteiger partial charge in [0.25, 0.3) is 0 Å². The van der Waals surface area contributed by atoms with E-state index in [0.717, 1.165) is 0 Å². The second kappa shape index (κ2) is 9.47. The molecule has 3 aromatic rings. The molecule has 0 spiro atoms. The number of carbonyl (C=O) groups is 1. The molecule has 5 nitrogen and oxygen atoms in total. The lowest BCUT2D eigenvalue weighted by molar-refractivity contribution is -0.00337. The van der Waals surface area contributed by atoms with Crippen LogP contribution in [0.4, 0.5) is 0 Å². The summed E-state index contributed by atoms with van der Waals surface area (Å²) in [7, 11) is 0. The number of alkyl halides is 1. The highest BCUT2D eigenvalue weighted by Crippen LogP contribution is 2.33. The number of aliphatic hydroxyl groups excluding tert-OH is 2. The van der Waals surface area contributed by atoms with Gasteiger partial charge in [-0.15, -0.1) is 11.6 Å². The zero-order valence-corrected chi connectivity index (χ0v) is 17.8. The van der Waals surface area contributed by atoms with Crippen molar-refractivity contribution in [1.29, 1.82) is 0 Å². The van der Waals surface area contributed by atoms with E-state index in [1.54, 1.807) is 35.0 Å². The lowest BCUT2D eigenvalue weighted by Gasteiger charge is -2.30. The molecule has 0 aliphatic heterocycles. The molecule has 2 aromatic carbocycles. The van der Waals surface area contributed by atoms with Gasteiger partial charge in [-0.05, 0) is 42.0 Å². The van der Waals surface area contributed by atoms with E-state index in [1.165, 1.54) is 30.7 Å². The van der Waals surface area contributed by atoms with E-state index in [4.69, 9.17) is 46.4 Å². The Kier molecular flexibility index (Phi) is 7.22. The van der Waals surface area contributed by atoms with E-state index in [2.05, 4.69) is 4.98 Å². The summed E-state index contributed by atoms with van der Waals surface area (Å²) in [6.45, 7) is 0. The Hall–Kier alpha value is -1.60. The first-order valence-electron chi connectivity index (χ1n) is 8.52. The summed E-state index contributed by atoms with van der Waals surface area (Å²) in [5, 5.41) is 21.5. The van der Waals surface area contributed by atoms with Crippen molar-refractivity contribution >= 4 is 52.2 Å². The van der Waals surface area contributed by atoms with Crippen molar-refractivity contribution < 1.29 is 15.0 Å². The molecule has 1 heterocycles. The molecule has 0 saturated carbocycles. The summed E-state index contributed by atoms with van der Waals surface area (Å²) in [6.07, 6.45) is 1.53. The van der Waals surface area contributed by atoms with Crippen molar-refractivity contribution in [3.63, 3.8) is 0 Å². The van der Waals surface area contributed by atoms with Crippen molar-refractivity contribution in [2.75, 3.05) is 0 Å². The fourth-order valence-electron chi connectivity index (χ4n) is 2.98. The minimum absolute atomic E-state index is 0.268. The molecule has 0 saturated heterocycles. The van der Waals surface area contributed by atoms with Crippen LogP contribution in [0.1, 0.15) is 22.0 Å². The quantitative estimate of drug-likeness (QED) is 0.387. The number of ketones is 1. The second-order valence-corrected chi connectivity index (χ2v) is 8.12. The first-order valence-corrected chi connectivity index (χ1v) is 10.1. The van der Waals surface area contributed by atoms with Crippen LogP contribution in [-0.4, -0.2) is 43.1 Å². The predicted octanol–water partition coefficient (Wildman–Crippen LogP) is 4.64. The van der Waals surface area contributed by atoms with Crippen LogP contribution in [0.15, 0.2) is 61.2 Å². The summed E-state index contributed by atoms with van der Waals surface area (Å²) in [6, 6.07) is 10.0. The number of imidazole rings is 1. The highest BCUT2D eigenvalue weighted by atomic mass is 35.5. The third-order valence-electron chi connectivity index (χ3n) is 4.48. The molecule has 0 bridgehead atoms. The van der Waals surface area contributed by atoms with Crippen LogP contribution in [0.3, 0.4) is 0 Å². The lowest BCUT2D eigenvalue weighted by Crippen LogP contribution is -2.44. The van der Waals surface area contributed by atoms with Gasteiger partial charge in [0, 0.05) is 33.0 Å². The number of aromatic nitrogens is 2. The molecule has 0 aliphatic rings. The van der Waals surface area contributed by atoms with Crippen LogP contribution >= 0.6 is 46.4 Å². The van der Waals surface area contributed by atoms with Gasteiger partial charge in [0.2, 0.25) is 0 Å². The minimum Gasteiger partial charge on any atom is -0.388 e. The zero-order valence-electron chi connectivity index (χ0n) is 14.8. The average Bonchev–Trinajstić information content (AvgIpc) is 3.23. The van der Waals surface area contributed by atoms with Crippen LogP contribution in [-0.2, 0) is 0 Å². The number of halogens is 4. The number of aliphatic hydroxyl groups is 2. The van der Waals surface area contributed by atoms with Crippen molar-refractivity contribution in [3.05, 3.63) is 87.4 Å². The molecule has 0 fully saturated rings. The standard InChI is InChI=1S/C20H16Cl4N2O3/c21-12-3-1-11(2-4-12)18(27)16(24)19(28)20(29)17(26-8-7-25-10-26)14-6-5-13(22)9-15(14)23/h1-10,16-17,19-20,28-29H. The fourth-order valence-corrected chi connectivity index (χ4v) is 3.91. The van der Waals surface area contributed by atoms with Gasteiger partial charge in [0.05, 0.1) is 12.4 Å². The topological polar surface area (TPSA) is 75.3 Å². The fraction of sp³-hybridized carbons (Fsp3) is 0.200. The summed E-state index contributed by atoms with van der Waals surface area (Å²) in [5.41, 5.74) is 0.757. The Balaban J connectivity index is 1.91. The first kappa shape index (κ1) is 22.1. The van der Waals surface area contributed by atoms with Gasteiger partial charge >= 0.3 is 0 Å². The largest absolute Gasteiger partial charge is 0.388 e. The smallest absolute Gasteiger partial charge is 0.183 e. The highest BCUT2D eigenvalue weighted by Gasteiger charge is 2.37. The van der Waals surface area contributed by atoms with Crippen LogP contribution in [0.25, 0.3) is 0 Å². The Morgan fingerprint density at radius 3 is 2.21 bits per heavy atom. The van der Waals surface area contributed by atoms with Gasteiger partial charge in [-0.25, -0.2) is 4.98 Å². The van der Waals surface area contributed by atoms with E-state index in [1.807, 2.05) is 0 Å². The van der Waals surface area contributed by atoms with E-state index < -0.39 is 29.4 Å². The van der Waals surface area contributed by atoms with Crippen molar-refractivity contribution in [2.24, 2.45) is 0 Å². The van der Waals surface area contributed by atoms with Crippen LogP contribution in [0.2, 0.25) is 15.1 Å². The van der Waals surface area contributed by atoms with Crippen molar-refractivity contribution in [2.45, 2.75) is 23.6 Å². The third kappa shape index (κ3) is 4.94. The van der Waals surface area contributed by atoms with Crippen LogP contribution in [0.5, 0.6) is 0 Å². The molecular formula is C20H16Cl4N2O3. The molecule has 1 aromatic heterocycles. The number of Topliss-reactive ketones (excluding diaryl/α,β-unsaturated/α-hetero) is 1. The SMILES string of the molecule is O=C(c1ccc(Cl)cc1)C(Cl)C(O)C(O)C(c1ccc(Cl)cc1Cl)n1ccnc1. The van der Waals surface area contributed by atoms with E-state index in [0.29, 0.717) is 15.6 Å². The Morgan fingerprint density at radius 1 is 0.966 bits per heavy atom. The van der Waals surface area contributed by atoms with Crippen molar-refractivity contribution in [1.82, 2.24) is 9.55 Å². The zero-order chi connectivity index (χ0) is 21.1. The lowest BCUT2D eigenvalue weighted by atomic mass is 9.93. The molecule has 152 valence electrons. The molecular weight excluding hydrogens is 458 g/mol. The van der Waals surface area contributed by atoms with Crippen LogP contribution < -0.4 is 0 Å². The maximum Gasteiger partial charge on any atom is 0.183 e. The first-order chi connectivity index (χ1) is 13.8. The molecule has 0 radical (unpaired) electrons. The van der Waals surface area contributed by atoms with E-state index in [9.17, 15) is 15.0 Å². The summed E-state index contributed by atoms with van der Waals surface area (Å²) >= 11 is 24.4. The van der Waals surface area contributed by atoms with Crippen LogP contribution in [0, 0.1) is 0 Å². The number of carbonyl (C=O) groups excluding carboxylic acids is 1. The molecule has 9 heteroatoms. The minimum atomic E-state index is -1.60. The monoisotopic (exact) mass is 472 g/mol. The summed E-state index contributed by atoms with van der Waals surface area (Å²) < 4.78 is 1.57. The van der Waals surface area contributed by atoms with Gasteiger partial charge in [0.15, 0.2) is 5.78 Å². The van der Waals surface area contributed by atoms with E-state index in [-0.39, 0.29) is 10.6 Å². The Labute approximate surface area is 187 Å². The van der Waals surface area contributed by atoms with Gasteiger partial charge < -0.3 is 14.8 Å². The molecule has 0 aliphatic carbocycles. The second-order valence-electron chi connectivity index (χ2n) is 6.37. The Bertz CT molecular complexity index is 980. The number of nitrogens with zero attached hydrogens (tertiary/aromatic N) is 2. The van der Waals surface area contributed by atoms with E-state index >= 15 is 0 Å². The van der Waals surface area contributed by atoms with Gasteiger partial charge in [0.1, 0.15) is 17.6 Å². The molecule has 4 unspecified atom stereocenters. The Morgan fingerprint density at radius 2 is 1.62 bits per heavy atom. The van der Waals surface area contributed by atoms with Gasteiger partial charge in [-0.3, -0.25) is 4.79 Å². The number of hydrogen-bond acceptors (Lipinski definition) is 4. The third-order valence-corrected chi connectivity index (χ3v) is 5.75. The molecule has 29 heavy (non-hydrogen) atoms. The maximum atomic E-state index is 12.7. The summed E-state index contributed by atoms with van der Waals surface area (Å²) in [5.74, 6) is -0.540. The highest BCUT2D eigenvalue weighted by molar-refractivity contribution is 6.35.